The number of rotatable bonds is 6. The standard InChI is InChI=1S/C19H21N3O2/c1-4-10-24-19(23)16-6-5-7-18(21-22-20)17(16)12-15-9-8-13(2)14(3)11-15/h5-9,11H,4,10,12H2,1-3H3. The molecule has 0 amide bonds. The average Bonchev–Trinajstić information content (AvgIpc) is 2.57. The number of hydrogen-bond acceptors (Lipinski definition) is 3. The van der Waals surface area contributed by atoms with Gasteiger partial charge in [-0.15, -0.1) is 0 Å². The summed E-state index contributed by atoms with van der Waals surface area (Å²) in [6.45, 7) is 6.42. The maximum atomic E-state index is 12.3. The molecule has 2 aromatic rings. The van der Waals surface area contributed by atoms with Crippen LogP contribution in [0.3, 0.4) is 0 Å². The number of carbonyl (C=O) groups excluding carboxylic acids is 1. The highest BCUT2D eigenvalue weighted by Crippen LogP contribution is 2.27. The van der Waals surface area contributed by atoms with Gasteiger partial charge in [-0.25, -0.2) is 4.79 Å². The van der Waals surface area contributed by atoms with E-state index in [2.05, 4.69) is 36.0 Å². The monoisotopic (exact) mass is 323 g/mol. The van der Waals surface area contributed by atoms with Crippen LogP contribution in [0.5, 0.6) is 0 Å². The van der Waals surface area contributed by atoms with E-state index in [4.69, 9.17) is 10.3 Å². The van der Waals surface area contributed by atoms with Crippen molar-refractivity contribution in [1.29, 1.82) is 0 Å². The van der Waals surface area contributed by atoms with E-state index < -0.39 is 0 Å². The lowest BCUT2D eigenvalue weighted by Gasteiger charge is -2.13. The van der Waals surface area contributed by atoms with Gasteiger partial charge < -0.3 is 4.74 Å². The van der Waals surface area contributed by atoms with E-state index in [9.17, 15) is 4.79 Å². The molecule has 2 rings (SSSR count). The topological polar surface area (TPSA) is 75.1 Å². The Kier molecular flexibility index (Phi) is 5.99. The molecule has 0 saturated carbocycles. The third-order valence-electron chi connectivity index (χ3n) is 3.91. The van der Waals surface area contributed by atoms with Crippen molar-refractivity contribution < 1.29 is 9.53 Å². The number of esters is 1. The molecule has 2 aromatic carbocycles. The second-order valence-corrected chi connectivity index (χ2v) is 5.72. The molecule has 24 heavy (non-hydrogen) atoms. The first-order valence-corrected chi connectivity index (χ1v) is 7.97. The van der Waals surface area contributed by atoms with Gasteiger partial charge in [-0.1, -0.05) is 42.4 Å². The van der Waals surface area contributed by atoms with Crippen LogP contribution in [0.4, 0.5) is 5.69 Å². The molecule has 0 aromatic heterocycles. The highest BCUT2D eigenvalue weighted by Gasteiger charge is 2.16. The van der Waals surface area contributed by atoms with Crippen LogP contribution in [0.1, 0.15) is 46.0 Å². The van der Waals surface area contributed by atoms with Crippen LogP contribution >= 0.6 is 0 Å². The summed E-state index contributed by atoms with van der Waals surface area (Å²) in [5.41, 5.74) is 13.9. The van der Waals surface area contributed by atoms with Crippen LogP contribution in [-0.2, 0) is 11.2 Å². The van der Waals surface area contributed by atoms with Gasteiger partial charge in [0.15, 0.2) is 0 Å². The first-order valence-electron chi connectivity index (χ1n) is 7.97. The normalized spacial score (nSPS) is 10.1. The zero-order valence-electron chi connectivity index (χ0n) is 14.2. The fraction of sp³-hybridized carbons (Fsp3) is 0.316. The van der Waals surface area contributed by atoms with Gasteiger partial charge in [0.1, 0.15) is 0 Å². The van der Waals surface area contributed by atoms with Crippen LogP contribution in [0.25, 0.3) is 10.4 Å². The molecule has 124 valence electrons. The summed E-state index contributed by atoms with van der Waals surface area (Å²) < 4.78 is 5.26. The predicted molar refractivity (Wildman–Crippen MR) is 94.5 cm³/mol. The minimum atomic E-state index is -0.384. The molecule has 0 unspecified atom stereocenters. The third-order valence-corrected chi connectivity index (χ3v) is 3.91. The molecule has 0 saturated heterocycles. The highest BCUT2D eigenvalue weighted by molar-refractivity contribution is 5.92. The molecule has 0 N–H and O–H groups in total. The summed E-state index contributed by atoms with van der Waals surface area (Å²) in [4.78, 5) is 15.2. The fourth-order valence-corrected chi connectivity index (χ4v) is 2.48. The number of benzene rings is 2. The van der Waals surface area contributed by atoms with Crippen molar-refractivity contribution in [3.8, 4) is 0 Å². The largest absolute Gasteiger partial charge is 0.462 e. The van der Waals surface area contributed by atoms with Crippen LogP contribution in [0.15, 0.2) is 41.5 Å². The van der Waals surface area contributed by atoms with Crippen molar-refractivity contribution in [2.45, 2.75) is 33.6 Å². The van der Waals surface area contributed by atoms with Crippen molar-refractivity contribution in [2.24, 2.45) is 5.11 Å². The predicted octanol–water partition coefficient (Wildman–Crippen LogP) is 5.40. The Labute approximate surface area is 141 Å². The lowest BCUT2D eigenvalue weighted by Crippen LogP contribution is -2.09. The second kappa shape index (κ2) is 8.18. The van der Waals surface area contributed by atoms with Crippen molar-refractivity contribution in [3.63, 3.8) is 0 Å². The maximum absolute atomic E-state index is 12.3. The summed E-state index contributed by atoms with van der Waals surface area (Å²) in [7, 11) is 0. The van der Waals surface area contributed by atoms with E-state index in [-0.39, 0.29) is 5.97 Å². The molecule has 0 spiro atoms. The van der Waals surface area contributed by atoms with Crippen LogP contribution in [0, 0.1) is 13.8 Å². The van der Waals surface area contributed by atoms with Crippen molar-refractivity contribution >= 4 is 11.7 Å². The Morgan fingerprint density at radius 2 is 2.00 bits per heavy atom. The molecule has 0 heterocycles. The number of hydrogen-bond donors (Lipinski definition) is 0. The molecule has 5 heteroatoms. The molecule has 5 nitrogen and oxygen atoms in total. The summed E-state index contributed by atoms with van der Waals surface area (Å²) in [5, 5.41) is 3.74. The zero-order chi connectivity index (χ0) is 17.5. The van der Waals surface area contributed by atoms with Crippen LogP contribution in [0.2, 0.25) is 0 Å². The van der Waals surface area contributed by atoms with Crippen LogP contribution in [-0.4, -0.2) is 12.6 Å². The Morgan fingerprint density at radius 1 is 1.21 bits per heavy atom. The first kappa shape index (κ1) is 17.6. The summed E-state index contributed by atoms with van der Waals surface area (Å²) in [6.07, 6.45) is 1.27. The van der Waals surface area contributed by atoms with Crippen molar-refractivity contribution in [3.05, 3.63) is 74.7 Å². The molecule has 0 radical (unpaired) electrons. The SMILES string of the molecule is CCCOC(=O)c1cccc(N=[N+]=[N-])c1Cc1ccc(C)c(C)c1. The van der Waals surface area contributed by atoms with E-state index in [0.717, 1.165) is 12.0 Å². The van der Waals surface area contributed by atoms with Crippen LogP contribution < -0.4 is 0 Å². The molecular weight excluding hydrogens is 302 g/mol. The Morgan fingerprint density at radius 3 is 2.67 bits per heavy atom. The first-order chi connectivity index (χ1) is 11.6. The van der Waals surface area contributed by atoms with E-state index in [0.29, 0.717) is 29.8 Å². The van der Waals surface area contributed by atoms with Gasteiger partial charge in [-0.3, -0.25) is 0 Å². The van der Waals surface area contributed by atoms with E-state index >= 15 is 0 Å². The molecule has 0 atom stereocenters. The minimum absolute atomic E-state index is 0.369. The van der Waals surface area contributed by atoms with E-state index in [1.807, 2.05) is 13.0 Å². The van der Waals surface area contributed by atoms with Gasteiger partial charge in [0, 0.05) is 10.6 Å². The van der Waals surface area contributed by atoms with E-state index in [1.54, 1.807) is 18.2 Å². The van der Waals surface area contributed by atoms with E-state index in [1.165, 1.54) is 11.1 Å². The Bertz CT molecular complexity index is 793. The number of carbonyl (C=O) groups is 1. The summed E-state index contributed by atoms with van der Waals surface area (Å²) >= 11 is 0. The smallest absolute Gasteiger partial charge is 0.338 e. The number of ether oxygens (including phenoxy) is 1. The van der Waals surface area contributed by atoms with Crippen molar-refractivity contribution in [1.82, 2.24) is 0 Å². The molecular formula is C19H21N3O2. The minimum Gasteiger partial charge on any atom is -0.462 e. The Hall–Kier alpha value is -2.78. The fourth-order valence-electron chi connectivity index (χ4n) is 2.48. The molecule has 0 aliphatic carbocycles. The van der Waals surface area contributed by atoms with Gasteiger partial charge in [-0.05, 0) is 60.5 Å². The molecule has 0 aliphatic rings. The quantitative estimate of drug-likeness (QED) is 0.309. The second-order valence-electron chi connectivity index (χ2n) is 5.72. The summed E-state index contributed by atoms with van der Waals surface area (Å²) in [5.74, 6) is -0.384. The lowest BCUT2D eigenvalue weighted by molar-refractivity contribution is 0.0504. The maximum Gasteiger partial charge on any atom is 0.338 e. The van der Waals surface area contributed by atoms with Gasteiger partial charge in [0.2, 0.25) is 0 Å². The van der Waals surface area contributed by atoms with Crippen molar-refractivity contribution in [2.75, 3.05) is 6.61 Å². The lowest BCUT2D eigenvalue weighted by atomic mass is 9.96. The molecule has 0 bridgehead atoms. The highest BCUT2D eigenvalue weighted by atomic mass is 16.5. The van der Waals surface area contributed by atoms with Gasteiger partial charge in [0.25, 0.3) is 0 Å². The average molecular weight is 323 g/mol. The molecule has 0 aliphatic heterocycles. The number of aryl methyl sites for hydroxylation is 2. The third kappa shape index (κ3) is 4.15. The summed E-state index contributed by atoms with van der Waals surface area (Å²) in [6, 6.07) is 11.3. The van der Waals surface area contributed by atoms with Gasteiger partial charge in [-0.2, -0.15) is 0 Å². The Balaban J connectivity index is 2.45. The molecule has 0 fully saturated rings. The van der Waals surface area contributed by atoms with Gasteiger partial charge >= 0.3 is 5.97 Å². The number of azide groups is 1. The zero-order valence-corrected chi connectivity index (χ0v) is 14.2. The number of nitrogens with zero attached hydrogens (tertiary/aromatic N) is 3. The van der Waals surface area contributed by atoms with Gasteiger partial charge in [0.05, 0.1) is 12.2 Å².